The van der Waals surface area contributed by atoms with E-state index in [9.17, 15) is 0 Å². The smallest absolute Gasteiger partial charge is 0.0691 e. The first kappa shape index (κ1) is 18.7. The third kappa shape index (κ3) is 4.11. The lowest BCUT2D eigenvalue weighted by atomic mass is 9.68. The molecule has 1 N–H and O–H groups in total. The van der Waals surface area contributed by atoms with Crippen LogP contribution >= 0.6 is 11.3 Å². The van der Waals surface area contributed by atoms with E-state index in [0.29, 0.717) is 0 Å². The van der Waals surface area contributed by atoms with Crippen LogP contribution in [0.15, 0.2) is 35.8 Å². The molecule has 0 amide bonds. The van der Waals surface area contributed by atoms with Gasteiger partial charge in [-0.15, -0.1) is 17.8 Å². The first-order valence-corrected chi connectivity index (χ1v) is 10.9. The Hall–Kier alpha value is -1.67. The normalized spacial score (nSPS) is 24.1. The summed E-state index contributed by atoms with van der Waals surface area (Å²) in [6.07, 6.45) is 15.7. The number of terminal acetylenes is 1. The van der Waals surface area contributed by atoms with Gasteiger partial charge >= 0.3 is 0 Å². The van der Waals surface area contributed by atoms with Crippen LogP contribution in [0.1, 0.15) is 61.1 Å². The molecule has 3 heterocycles. The number of hydrogen-bond acceptors (Lipinski definition) is 4. The van der Waals surface area contributed by atoms with Gasteiger partial charge in [0.15, 0.2) is 0 Å². The third-order valence-electron chi connectivity index (χ3n) is 6.27. The molecule has 2 aromatic rings. The Morgan fingerprint density at radius 1 is 1.26 bits per heavy atom. The van der Waals surface area contributed by atoms with Crippen molar-refractivity contribution in [2.45, 2.75) is 62.5 Å². The van der Waals surface area contributed by atoms with Crippen LogP contribution in [0.3, 0.4) is 0 Å². The summed E-state index contributed by atoms with van der Waals surface area (Å²) < 4.78 is 6.33. The molecular formula is C23H28N2OS. The lowest BCUT2D eigenvalue weighted by molar-refractivity contribution is -0.104. The van der Waals surface area contributed by atoms with E-state index in [0.717, 1.165) is 44.5 Å². The number of pyridine rings is 1. The standard InChI is InChI=1S/C23H28N2OS/c1-2-19-15-20(27-17-19)16-24-13-10-22(21-7-3-6-12-25-21)11-14-26-23(18-22)8-4-5-9-23/h1,3,6-7,12,15,17,24H,4-5,8-11,13-14,16,18H2. The number of thiophene rings is 1. The predicted octanol–water partition coefficient (Wildman–Crippen LogP) is 4.67. The zero-order chi connectivity index (χ0) is 18.6. The predicted molar refractivity (Wildman–Crippen MR) is 111 cm³/mol. The van der Waals surface area contributed by atoms with Gasteiger partial charge in [-0.1, -0.05) is 24.8 Å². The van der Waals surface area contributed by atoms with Crippen molar-refractivity contribution in [1.29, 1.82) is 0 Å². The average molecular weight is 381 g/mol. The van der Waals surface area contributed by atoms with Gasteiger partial charge in [0.05, 0.1) is 5.60 Å². The largest absolute Gasteiger partial charge is 0.375 e. The summed E-state index contributed by atoms with van der Waals surface area (Å²) in [5.74, 6) is 2.71. The highest BCUT2D eigenvalue weighted by molar-refractivity contribution is 7.10. The molecule has 1 spiro atoms. The summed E-state index contributed by atoms with van der Waals surface area (Å²) in [6, 6.07) is 8.46. The summed E-state index contributed by atoms with van der Waals surface area (Å²) in [6.45, 7) is 2.72. The van der Waals surface area contributed by atoms with Crippen LogP contribution in [0.25, 0.3) is 0 Å². The van der Waals surface area contributed by atoms with Gasteiger partial charge in [0, 0.05) is 46.3 Å². The van der Waals surface area contributed by atoms with Crippen molar-refractivity contribution in [1.82, 2.24) is 10.3 Å². The lowest BCUT2D eigenvalue weighted by Crippen LogP contribution is -2.47. The minimum atomic E-state index is 0.0885. The van der Waals surface area contributed by atoms with Gasteiger partial charge < -0.3 is 10.1 Å². The van der Waals surface area contributed by atoms with Crippen molar-refractivity contribution in [2.75, 3.05) is 13.2 Å². The van der Waals surface area contributed by atoms with Crippen molar-refractivity contribution in [3.8, 4) is 12.3 Å². The molecule has 142 valence electrons. The quantitative estimate of drug-likeness (QED) is 0.584. The number of rotatable bonds is 6. The summed E-state index contributed by atoms with van der Waals surface area (Å²) in [5, 5.41) is 5.68. The van der Waals surface area contributed by atoms with E-state index < -0.39 is 0 Å². The molecule has 2 aliphatic rings. The summed E-state index contributed by atoms with van der Waals surface area (Å²) in [5.41, 5.74) is 2.43. The Labute approximate surface area is 166 Å². The molecule has 2 fully saturated rings. The maximum atomic E-state index is 6.33. The van der Waals surface area contributed by atoms with Crippen LogP contribution in [0.2, 0.25) is 0 Å². The highest BCUT2D eigenvalue weighted by Crippen LogP contribution is 2.49. The molecule has 4 heteroatoms. The highest BCUT2D eigenvalue weighted by Gasteiger charge is 2.48. The fraction of sp³-hybridized carbons (Fsp3) is 0.522. The molecular weight excluding hydrogens is 352 g/mol. The van der Waals surface area contributed by atoms with E-state index in [4.69, 9.17) is 16.1 Å². The molecule has 0 radical (unpaired) electrons. The molecule has 0 bridgehead atoms. The first-order chi connectivity index (χ1) is 13.2. The molecule has 0 aromatic carbocycles. The van der Waals surface area contributed by atoms with Crippen molar-refractivity contribution in [2.24, 2.45) is 0 Å². The van der Waals surface area contributed by atoms with Gasteiger partial charge in [0.25, 0.3) is 0 Å². The molecule has 1 atom stereocenters. The second kappa shape index (κ2) is 8.14. The van der Waals surface area contributed by atoms with Gasteiger partial charge in [-0.3, -0.25) is 4.98 Å². The number of nitrogens with one attached hydrogen (secondary N) is 1. The van der Waals surface area contributed by atoms with Gasteiger partial charge in [-0.05, 0) is 56.8 Å². The van der Waals surface area contributed by atoms with Crippen LogP contribution in [0.5, 0.6) is 0 Å². The maximum Gasteiger partial charge on any atom is 0.0691 e. The first-order valence-electron chi connectivity index (χ1n) is 10.0. The monoisotopic (exact) mass is 380 g/mol. The second-order valence-electron chi connectivity index (χ2n) is 8.03. The number of nitrogens with zero attached hydrogens (tertiary/aromatic N) is 1. The minimum Gasteiger partial charge on any atom is -0.375 e. The van der Waals surface area contributed by atoms with E-state index in [1.165, 1.54) is 36.3 Å². The van der Waals surface area contributed by atoms with Crippen molar-refractivity contribution in [3.63, 3.8) is 0 Å². The topological polar surface area (TPSA) is 34.2 Å². The molecule has 2 aromatic heterocycles. The molecule has 1 saturated heterocycles. The summed E-state index contributed by atoms with van der Waals surface area (Å²) in [4.78, 5) is 6.08. The van der Waals surface area contributed by atoms with Crippen molar-refractivity contribution >= 4 is 11.3 Å². The van der Waals surface area contributed by atoms with E-state index in [-0.39, 0.29) is 11.0 Å². The SMILES string of the molecule is C#Cc1csc(CNCCC2(c3ccccn3)CCOC3(CCCC3)C2)c1. The van der Waals surface area contributed by atoms with Crippen LogP contribution in [-0.4, -0.2) is 23.7 Å². The van der Waals surface area contributed by atoms with Crippen LogP contribution in [0, 0.1) is 12.3 Å². The van der Waals surface area contributed by atoms with E-state index in [2.05, 4.69) is 34.8 Å². The number of hydrogen-bond donors (Lipinski definition) is 1. The Bertz CT molecular complexity index is 788. The van der Waals surface area contributed by atoms with E-state index in [1.807, 2.05) is 12.3 Å². The van der Waals surface area contributed by atoms with Gasteiger partial charge in [0.2, 0.25) is 0 Å². The Morgan fingerprint density at radius 3 is 2.89 bits per heavy atom. The summed E-state index contributed by atoms with van der Waals surface area (Å²) >= 11 is 1.73. The van der Waals surface area contributed by atoms with Gasteiger partial charge in [0.1, 0.15) is 0 Å². The summed E-state index contributed by atoms with van der Waals surface area (Å²) in [7, 11) is 0. The van der Waals surface area contributed by atoms with Crippen LogP contribution in [0.4, 0.5) is 0 Å². The molecule has 1 aliphatic carbocycles. The molecule has 27 heavy (non-hydrogen) atoms. The number of ether oxygens (including phenoxy) is 1. The average Bonchev–Trinajstić information content (AvgIpc) is 3.36. The van der Waals surface area contributed by atoms with Crippen molar-refractivity contribution in [3.05, 3.63) is 52.0 Å². The van der Waals surface area contributed by atoms with E-state index in [1.54, 1.807) is 11.3 Å². The Balaban J connectivity index is 1.45. The Morgan fingerprint density at radius 2 is 2.15 bits per heavy atom. The molecule has 1 saturated carbocycles. The van der Waals surface area contributed by atoms with Gasteiger partial charge in [-0.2, -0.15) is 0 Å². The maximum absolute atomic E-state index is 6.33. The third-order valence-corrected chi connectivity index (χ3v) is 7.21. The Kier molecular flexibility index (Phi) is 5.63. The zero-order valence-electron chi connectivity index (χ0n) is 15.9. The molecule has 1 aliphatic heterocycles. The van der Waals surface area contributed by atoms with Crippen LogP contribution in [-0.2, 0) is 16.7 Å². The van der Waals surface area contributed by atoms with Crippen molar-refractivity contribution < 1.29 is 4.74 Å². The van der Waals surface area contributed by atoms with Crippen LogP contribution < -0.4 is 5.32 Å². The molecule has 3 nitrogen and oxygen atoms in total. The second-order valence-corrected chi connectivity index (χ2v) is 9.03. The molecule has 1 unspecified atom stereocenters. The van der Waals surface area contributed by atoms with E-state index >= 15 is 0 Å². The lowest BCUT2D eigenvalue weighted by Gasteiger charge is -2.46. The fourth-order valence-corrected chi connectivity index (χ4v) is 5.68. The fourth-order valence-electron chi connectivity index (χ4n) is 4.88. The minimum absolute atomic E-state index is 0.0885. The van der Waals surface area contributed by atoms with Gasteiger partial charge in [-0.25, -0.2) is 0 Å². The molecule has 4 rings (SSSR count). The zero-order valence-corrected chi connectivity index (χ0v) is 16.7. The number of aromatic nitrogens is 1. The highest BCUT2D eigenvalue weighted by atomic mass is 32.1.